The van der Waals surface area contributed by atoms with E-state index in [0.29, 0.717) is 24.5 Å². The normalized spacial score (nSPS) is 10.4. The number of anilines is 1. The fourth-order valence-corrected chi connectivity index (χ4v) is 2.74. The summed E-state index contributed by atoms with van der Waals surface area (Å²) in [4.78, 5) is 22.4. The highest BCUT2D eigenvalue weighted by Gasteiger charge is 2.13. The molecule has 27 heavy (non-hydrogen) atoms. The zero-order valence-corrected chi connectivity index (χ0v) is 15.4. The van der Waals surface area contributed by atoms with Crippen molar-refractivity contribution in [3.05, 3.63) is 60.7 Å². The average molecular weight is 362 g/mol. The molecule has 1 aromatic heterocycles. The van der Waals surface area contributed by atoms with Gasteiger partial charge in [0.2, 0.25) is 5.95 Å². The van der Waals surface area contributed by atoms with Crippen molar-refractivity contribution in [2.75, 3.05) is 18.8 Å². The number of hydrogen-bond donors (Lipinski definition) is 1. The molecule has 0 aliphatic carbocycles. The number of ether oxygens (including phenoxy) is 1. The van der Waals surface area contributed by atoms with Crippen molar-refractivity contribution >= 4 is 12.0 Å². The summed E-state index contributed by atoms with van der Waals surface area (Å²) < 4.78 is 5.48. The van der Waals surface area contributed by atoms with Crippen LogP contribution < -0.4 is 10.5 Å². The molecule has 0 aliphatic rings. The topological polar surface area (TPSA) is 81.3 Å². The molecule has 0 unspecified atom stereocenters. The first-order valence-electron chi connectivity index (χ1n) is 8.88. The molecular weight excluding hydrogens is 340 g/mol. The molecule has 0 saturated carbocycles. The number of rotatable bonds is 5. The van der Waals surface area contributed by atoms with Gasteiger partial charge in [-0.05, 0) is 32.0 Å². The number of aromatic nitrogens is 2. The molecule has 6 heteroatoms. The van der Waals surface area contributed by atoms with Gasteiger partial charge in [0, 0.05) is 24.2 Å². The highest BCUT2D eigenvalue weighted by Crippen LogP contribution is 2.27. The minimum Gasteiger partial charge on any atom is -0.410 e. The second-order valence-electron chi connectivity index (χ2n) is 5.93. The predicted octanol–water partition coefficient (Wildman–Crippen LogP) is 4.23. The van der Waals surface area contributed by atoms with Gasteiger partial charge in [-0.1, -0.05) is 42.5 Å². The van der Waals surface area contributed by atoms with Crippen molar-refractivity contribution in [3.8, 4) is 28.3 Å². The molecule has 1 amide bonds. The quantitative estimate of drug-likeness (QED) is 0.734. The van der Waals surface area contributed by atoms with E-state index in [1.54, 1.807) is 17.0 Å². The second kappa shape index (κ2) is 8.31. The minimum absolute atomic E-state index is 0.192. The smallest absolute Gasteiger partial charge is 0.410 e. The van der Waals surface area contributed by atoms with Crippen LogP contribution in [-0.2, 0) is 0 Å². The Kier molecular flexibility index (Phi) is 5.66. The van der Waals surface area contributed by atoms with Gasteiger partial charge in [-0.25, -0.2) is 14.8 Å². The van der Waals surface area contributed by atoms with E-state index in [4.69, 9.17) is 10.5 Å². The lowest BCUT2D eigenvalue weighted by molar-refractivity contribution is 0.157. The lowest BCUT2D eigenvalue weighted by Crippen LogP contribution is -2.33. The van der Waals surface area contributed by atoms with Crippen LogP contribution in [-0.4, -0.2) is 34.1 Å². The fraction of sp³-hybridized carbons (Fsp3) is 0.190. The summed E-state index contributed by atoms with van der Waals surface area (Å²) >= 11 is 0. The van der Waals surface area contributed by atoms with Crippen molar-refractivity contribution in [2.24, 2.45) is 0 Å². The van der Waals surface area contributed by atoms with Gasteiger partial charge >= 0.3 is 6.09 Å². The van der Waals surface area contributed by atoms with Crippen molar-refractivity contribution < 1.29 is 9.53 Å². The zero-order valence-electron chi connectivity index (χ0n) is 15.4. The molecule has 0 atom stereocenters. The van der Waals surface area contributed by atoms with Crippen LogP contribution in [0.1, 0.15) is 13.8 Å². The molecule has 0 spiro atoms. The van der Waals surface area contributed by atoms with Crippen LogP contribution in [0.25, 0.3) is 22.5 Å². The summed E-state index contributed by atoms with van der Waals surface area (Å²) in [5.74, 6) is 0.653. The fourth-order valence-electron chi connectivity index (χ4n) is 2.74. The minimum atomic E-state index is -0.371. The van der Waals surface area contributed by atoms with Crippen LogP contribution in [0.2, 0.25) is 0 Å². The number of carbonyl (C=O) groups is 1. The van der Waals surface area contributed by atoms with Gasteiger partial charge in [-0.3, -0.25) is 0 Å². The number of nitrogens with zero attached hydrogens (tertiary/aromatic N) is 3. The molecule has 2 aromatic carbocycles. The third-order valence-electron chi connectivity index (χ3n) is 4.17. The average Bonchev–Trinajstić information content (AvgIpc) is 2.69. The Morgan fingerprint density at radius 3 is 2.22 bits per heavy atom. The Bertz CT molecular complexity index is 924. The highest BCUT2D eigenvalue weighted by molar-refractivity contribution is 5.73. The Hall–Kier alpha value is -3.41. The molecule has 6 nitrogen and oxygen atoms in total. The summed E-state index contributed by atoms with van der Waals surface area (Å²) in [6.07, 6.45) is -0.371. The molecule has 3 rings (SSSR count). The summed E-state index contributed by atoms with van der Waals surface area (Å²) in [5, 5.41) is 0. The standard InChI is InChI=1S/C21H22N4O2/c1-3-25(4-2)21(26)27-17-12-8-11-16(13-17)19-14-18(23-20(22)24-19)15-9-6-5-7-10-15/h5-14H,3-4H2,1-2H3,(H2,22,23,24). The molecular formula is C21H22N4O2. The van der Waals surface area contributed by atoms with Gasteiger partial charge in [0.05, 0.1) is 11.4 Å². The zero-order chi connectivity index (χ0) is 19.2. The number of amides is 1. The van der Waals surface area contributed by atoms with Crippen molar-refractivity contribution in [1.29, 1.82) is 0 Å². The van der Waals surface area contributed by atoms with Crippen LogP contribution >= 0.6 is 0 Å². The Labute approximate surface area is 158 Å². The summed E-state index contributed by atoms with van der Waals surface area (Å²) in [7, 11) is 0. The molecule has 0 fully saturated rings. The SMILES string of the molecule is CCN(CC)C(=O)Oc1cccc(-c2cc(-c3ccccc3)nc(N)n2)c1. The Balaban J connectivity index is 1.91. The molecule has 1 heterocycles. The van der Waals surface area contributed by atoms with E-state index in [-0.39, 0.29) is 12.0 Å². The van der Waals surface area contributed by atoms with Crippen molar-refractivity contribution in [1.82, 2.24) is 14.9 Å². The first-order chi connectivity index (χ1) is 13.1. The summed E-state index contributed by atoms with van der Waals surface area (Å²) in [5.41, 5.74) is 9.08. The van der Waals surface area contributed by atoms with Gasteiger partial charge in [-0.15, -0.1) is 0 Å². The molecule has 0 saturated heterocycles. The van der Waals surface area contributed by atoms with Crippen LogP contribution in [0.3, 0.4) is 0 Å². The molecule has 0 aliphatic heterocycles. The molecule has 0 radical (unpaired) electrons. The number of carbonyl (C=O) groups excluding carboxylic acids is 1. The molecule has 0 bridgehead atoms. The van der Waals surface area contributed by atoms with Crippen LogP contribution in [0.15, 0.2) is 60.7 Å². The van der Waals surface area contributed by atoms with E-state index in [9.17, 15) is 4.79 Å². The van der Waals surface area contributed by atoms with Gasteiger partial charge in [0.25, 0.3) is 0 Å². The maximum Gasteiger partial charge on any atom is 0.415 e. The Morgan fingerprint density at radius 2 is 1.56 bits per heavy atom. The number of nitrogen functional groups attached to an aromatic ring is 1. The van der Waals surface area contributed by atoms with Crippen LogP contribution in [0.5, 0.6) is 5.75 Å². The van der Waals surface area contributed by atoms with Gasteiger partial charge in [0.1, 0.15) is 5.75 Å². The third-order valence-corrected chi connectivity index (χ3v) is 4.17. The van der Waals surface area contributed by atoms with E-state index in [1.807, 2.05) is 62.4 Å². The molecule has 3 aromatic rings. The van der Waals surface area contributed by atoms with E-state index in [0.717, 1.165) is 16.8 Å². The number of nitrogens with two attached hydrogens (primary N) is 1. The monoisotopic (exact) mass is 362 g/mol. The van der Waals surface area contributed by atoms with E-state index >= 15 is 0 Å². The van der Waals surface area contributed by atoms with E-state index in [1.165, 1.54) is 0 Å². The van der Waals surface area contributed by atoms with Crippen molar-refractivity contribution in [3.63, 3.8) is 0 Å². The maximum absolute atomic E-state index is 12.2. The Morgan fingerprint density at radius 1 is 0.926 bits per heavy atom. The maximum atomic E-state index is 12.2. The van der Waals surface area contributed by atoms with Gasteiger partial charge < -0.3 is 15.4 Å². The third kappa shape index (κ3) is 4.41. The summed E-state index contributed by atoms with van der Waals surface area (Å²) in [6, 6.07) is 18.9. The molecule has 2 N–H and O–H groups in total. The first-order valence-corrected chi connectivity index (χ1v) is 8.88. The number of benzene rings is 2. The largest absolute Gasteiger partial charge is 0.415 e. The van der Waals surface area contributed by atoms with E-state index in [2.05, 4.69) is 9.97 Å². The first kappa shape index (κ1) is 18.4. The highest BCUT2D eigenvalue weighted by atomic mass is 16.6. The number of hydrogen-bond acceptors (Lipinski definition) is 5. The lowest BCUT2D eigenvalue weighted by atomic mass is 10.1. The molecule has 138 valence electrons. The van der Waals surface area contributed by atoms with Gasteiger partial charge in [0.15, 0.2) is 0 Å². The second-order valence-corrected chi connectivity index (χ2v) is 5.93. The predicted molar refractivity (Wildman–Crippen MR) is 106 cm³/mol. The lowest BCUT2D eigenvalue weighted by Gasteiger charge is -2.18. The van der Waals surface area contributed by atoms with E-state index < -0.39 is 0 Å². The summed E-state index contributed by atoms with van der Waals surface area (Å²) in [6.45, 7) is 5.02. The van der Waals surface area contributed by atoms with Crippen molar-refractivity contribution in [2.45, 2.75) is 13.8 Å². The van der Waals surface area contributed by atoms with Crippen LogP contribution in [0, 0.1) is 0 Å². The van der Waals surface area contributed by atoms with Crippen LogP contribution in [0.4, 0.5) is 10.7 Å². The van der Waals surface area contributed by atoms with Gasteiger partial charge in [-0.2, -0.15) is 0 Å².